The van der Waals surface area contributed by atoms with Crippen LogP contribution in [-0.4, -0.2) is 23.1 Å². The number of rotatable bonds is 3. The summed E-state index contributed by atoms with van der Waals surface area (Å²) in [7, 11) is -2.25. The van der Waals surface area contributed by atoms with Gasteiger partial charge in [-0.05, 0) is 18.2 Å². The first-order valence-electron chi connectivity index (χ1n) is 3.81. The normalized spacial score (nSPS) is 12.4. The molecule has 1 N–H and O–H groups in total. The van der Waals surface area contributed by atoms with Crippen molar-refractivity contribution in [1.29, 1.82) is 0 Å². The lowest BCUT2D eigenvalue weighted by atomic mass is 10.3. The monoisotopic (exact) mass is 303 g/mol. The Morgan fingerprint density at radius 2 is 1.75 bits per heavy atom. The summed E-state index contributed by atoms with van der Waals surface area (Å²) in [5.41, 5.74) is 0.0910. The summed E-state index contributed by atoms with van der Waals surface area (Å²) in [6.45, 7) is 0. The van der Waals surface area contributed by atoms with Gasteiger partial charge in [-0.2, -0.15) is 0 Å². The second kappa shape index (κ2) is 4.40. The number of anilines is 1. The molecule has 0 fully saturated rings. The third-order valence-corrected chi connectivity index (χ3v) is 3.77. The van der Waals surface area contributed by atoms with E-state index in [2.05, 4.69) is 4.72 Å². The Bertz CT molecular complexity index is 609. The summed E-state index contributed by atoms with van der Waals surface area (Å²) in [5, 5.41) is -0.0489. The van der Waals surface area contributed by atoms with Gasteiger partial charge in [-0.3, -0.25) is 4.72 Å². The van der Waals surface area contributed by atoms with Gasteiger partial charge in [0.1, 0.15) is 0 Å². The summed E-state index contributed by atoms with van der Waals surface area (Å²) < 4.78 is 45.9. The van der Waals surface area contributed by atoms with Crippen molar-refractivity contribution in [2.45, 2.75) is 4.90 Å². The standard InChI is InChI=1S/C7H7Cl2NO4S2/c1-15(11,12)10-7-3-2-5(4-6(7)8)16(9,13)14/h2-4,10H,1H3. The van der Waals surface area contributed by atoms with Crippen molar-refractivity contribution in [2.24, 2.45) is 0 Å². The van der Waals surface area contributed by atoms with E-state index in [0.717, 1.165) is 18.4 Å². The zero-order valence-corrected chi connectivity index (χ0v) is 11.1. The highest BCUT2D eigenvalue weighted by Gasteiger charge is 2.13. The number of benzene rings is 1. The lowest BCUT2D eigenvalue weighted by molar-refractivity contribution is 0.606. The Balaban J connectivity index is 3.21. The van der Waals surface area contributed by atoms with E-state index < -0.39 is 19.1 Å². The average molecular weight is 304 g/mol. The Labute approximate surface area is 103 Å². The molecule has 0 saturated carbocycles. The van der Waals surface area contributed by atoms with Gasteiger partial charge in [0.15, 0.2) is 0 Å². The molecule has 1 aromatic carbocycles. The number of nitrogens with one attached hydrogen (secondary N) is 1. The van der Waals surface area contributed by atoms with Gasteiger partial charge in [0.05, 0.1) is 21.9 Å². The van der Waals surface area contributed by atoms with Gasteiger partial charge in [0.25, 0.3) is 9.05 Å². The van der Waals surface area contributed by atoms with E-state index in [1.807, 2.05) is 0 Å². The van der Waals surface area contributed by atoms with Crippen LogP contribution in [0.3, 0.4) is 0 Å². The van der Waals surface area contributed by atoms with Gasteiger partial charge < -0.3 is 0 Å². The molecule has 0 unspecified atom stereocenters. The van der Waals surface area contributed by atoms with Crippen LogP contribution >= 0.6 is 22.3 Å². The largest absolute Gasteiger partial charge is 0.282 e. The van der Waals surface area contributed by atoms with Crippen molar-refractivity contribution in [3.05, 3.63) is 23.2 Å². The molecule has 0 aliphatic rings. The molecule has 1 aromatic rings. The first kappa shape index (κ1) is 13.6. The molecule has 16 heavy (non-hydrogen) atoms. The maximum Gasteiger partial charge on any atom is 0.261 e. The van der Waals surface area contributed by atoms with E-state index in [1.165, 1.54) is 6.07 Å². The second-order valence-electron chi connectivity index (χ2n) is 2.95. The van der Waals surface area contributed by atoms with Crippen LogP contribution in [0.15, 0.2) is 23.1 Å². The lowest BCUT2D eigenvalue weighted by Crippen LogP contribution is -2.10. The van der Waals surface area contributed by atoms with E-state index in [0.29, 0.717) is 0 Å². The summed E-state index contributed by atoms with van der Waals surface area (Å²) in [5.74, 6) is 0. The van der Waals surface area contributed by atoms with Gasteiger partial charge in [-0.1, -0.05) is 11.6 Å². The zero-order chi connectivity index (χ0) is 12.6. The molecule has 0 radical (unpaired) electrons. The van der Waals surface area contributed by atoms with E-state index in [1.54, 1.807) is 0 Å². The van der Waals surface area contributed by atoms with Crippen molar-refractivity contribution >= 4 is 47.0 Å². The molecular formula is C7H7Cl2NO4S2. The minimum Gasteiger partial charge on any atom is -0.282 e. The SMILES string of the molecule is CS(=O)(=O)Nc1ccc(S(=O)(=O)Cl)cc1Cl. The smallest absolute Gasteiger partial charge is 0.261 e. The lowest BCUT2D eigenvalue weighted by Gasteiger charge is -2.06. The van der Waals surface area contributed by atoms with Crippen LogP contribution in [0.5, 0.6) is 0 Å². The summed E-state index contributed by atoms with van der Waals surface area (Å²) >= 11 is 5.69. The predicted octanol–water partition coefficient (Wildman–Crippen LogP) is 1.64. The molecule has 9 heteroatoms. The minimum absolute atomic E-state index is 0.0489. The van der Waals surface area contributed by atoms with Crippen molar-refractivity contribution < 1.29 is 16.8 Å². The molecule has 0 amide bonds. The predicted molar refractivity (Wildman–Crippen MR) is 63.0 cm³/mol. The summed E-state index contributed by atoms with van der Waals surface area (Å²) in [6, 6.07) is 3.44. The fourth-order valence-corrected chi connectivity index (χ4v) is 2.63. The van der Waals surface area contributed by atoms with Gasteiger partial charge in [0.2, 0.25) is 10.0 Å². The molecule has 0 aliphatic carbocycles. The molecule has 0 bridgehead atoms. The van der Waals surface area contributed by atoms with Crippen LogP contribution < -0.4 is 4.72 Å². The Hall–Kier alpha value is -0.500. The van der Waals surface area contributed by atoms with Gasteiger partial charge in [-0.15, -0.1) is 0 Å². The Kier molecular flexibility index (Phi) is 3.73. The highest BCUT2D eigenvalue weighted by Crippen LogP contribution is 2.27. The van der Waals surface area contributed by atoms with E-state index in [-0.39, 0.29) is 15.6 Å². The van der Waals surface area contributed by atoms with Crippen molar-refractivity contribution in [3.8, 4) is 0 Å². The molecule has 0 heterocycles. The number of sulfonamides is 1. The van der Waals surface area contributed by atoms with Crippen LogP contribution in [0.1, 0.15) is 0 Å². The molecule has 0 atom stereocenters. The molecule has 5 nitrogen and oxygen atoms in total. The average Bonchev–Trinajstić information content (AvgIpc) is 2.04. The summed E-state index contributed by atoms with van der Waals surface area (Å²) in [4.78, 5) is -0.196. The van der Waals surface area contributed by atoms with Crippen molar-refractivity contribution in [2.75, 3.05) is 11.0 Å². The molecule has 90 valence electrons. The van der Waals surface area contributed by atoms with E-state index in [4.69, 9.17) is 22.3 Å². The maximum atomic E-state index is 10.9. The third kappa shape index (κ3) is 3.82. The molecule has 0 spiro atoms. The minimum atomic E-state index is -3.88. The van der Waals surface area contributed by atoms with Gasteiger partial charge in [0, 0.05) is 10.7 Å². The second-order valence-corrected chi connectivity index (χ2v) is 7.68. The number of hydrogen-bond donors (Lipinski definition) is 1. The zero-order valence-electron chi connectivity index (χ0n) is 7.94. The molecule has 0 aromatic heterocycles. The van der Waals surface area contributed by atoms with Crippen LogP contribution in [0, 0.1) is 0 Å². The Morgan fingerprint density at radius 1 is 1.19 bits per heavy atom. The maximum absolute atomic E-state index is 10.9. The van der Waals surface area contributed by atoms with Gasteiger partial charge >= 0.3 is 0 Å². The first-order chi connectivity index (χ1) is 7.09. The highest BCUT2D eigenvalue weighted by molar-refractivity contribution is 8.13. The van der Waals surface area contributed by atoms with Crippen LogP contribution in [0.2, 0.25) is 5.02 Å². The van der Waals surface area contributed by atoms with E-state index >= 15 is 0 Å². The van der Waals surface area contributed by atoms with Gasteiger partial charge in [-0.25, -0.2) is 16.8 Å². The van der Waals surface area contributed by atoms with Crippen molar-refractivity contribution in [3.63, 3.8) is 0 Å². The molecule has 0 saturated heterocycles. The fourth-order valence-electron chi connectivity index (χ4n) is 0.930. The quantitative estimate of drug-likeness (QED) is 0.861. The van der Waals surface area contributed by atoms with Crippen LogP contribution in [0.25, 0.3) is 0 Å². The third-order valence-electron chi connectivity index (χ3n) is 1.52. The van der Waals surface area contributed by atoms with Crippen molar-refractivity contribution in [1.82, 2.24) is 0 Å². The molecular weight excluding hydrogens is 297 g/mol. The number of halogens is 2. The molecule has 0 aliphatic heterocycles. The first-order valence-corrected chi connectivity index (χ1v) is 8.39. The van der Waals surface area contributed by atoms with E-state index in [9.17, 15) is 16.8 Å². The number of hydrogen-bond acceptors (Lipinski definition) is 4. The van der Waals surface area contributed by atoms with Crippen LogP contribution in [0.4, 0.5) is 5.69 Å². The summed E-state index contributed by atoms with van der Waals surface area (Å²) in [6.07, 6.45) is 0.954. The Morgan fingerprint density at radius 3 is 2.12 bits per heavy atom. The van der Waals surface area contributed by atoms with Crippen LogP contribution in [-0.2, 0) is 19.1 Å². The fraction of sp³-hybridized carbons (Fsp3) is 0.143. The highest BCUT2D eigenvalue weighted by atomic mass is 35.7. The topological polar surface area (TPSA) is 80.3 Å². The molecule has 1 rings (SSSR count).